The molecule has 0 bridgehead atoms. The van der Waals surface area contributed by atoms with Gasteiger partial charge in [-0.25, -0.2) is 0 Å². The highest BCUT2D eigenvalue weighted by molar-refractivity contribution is 6.22. The molecule has 0 saturated heterocycles. The average Bonchev–Trinajstić information content (AvgIpc) is 4.10. The van der Waals surface area contributed by atoms with Crippen LogP contribution in [0.15, 0.2) is 279 Å². The van der Waals surface area contributed by atoms with Gasteiger partial charge in [0.1, 0.15) is 0 Å². The predicted molar refractivity (Wildman–Crippen MR) is 296 cm³/mol. The van der Waals surface area contributed by atoms with E-state index in [-0.39, 0.29) is 0 Å². The zero-order valence-corrected chi connectivity index (χ0v) is 38.5. The Morgan fingerprint density at radius 1 is 0.186 bits per heavy atom. The van der Waals surface area contributed by atoms with E-state index in [1.807, 2.05) is 0 Å². The minimum Gasteiger partial charge on any atom is -0.309 e. The van der Waals surface area contributed by atoms with Crippen LogP contribution in [0.5, 0.6) is 0 Å². The van der Waals surface area contributed by atoms with Crippen LogP contribution in [0.1, 0.15) is 0 Å². The van der Waals surface area contributed by atoms with Crippen molar-refractivity contribution in [2.24, 2.45) is 0 Å². The lowest BCUT2D eigenvalue weighted by molar-refractivity contribution is 1.10. The normalized spacial score (nSPS) is 11.4. The van der Waals surface area contributed by atoms with Crippen molar-refractivity contribution in [2.45, 2.75) is 0 Å². The van der Waals surface area contributed by atoms with Crippen molar-refractivity contribution < 1.29 is 0 Å². The summed E-state index contributed by atoms with van der Waals surface area (Å²) in [4.78, 5) is 0. The number of hydrogen-bond donors (Lipinski definition) is 0. The van der Waals surface area contributed by atoms with Gasteiger partial charge in [0.2, 0.25) is 0 Å². The summed E-state index contributed by atoms with van der Waals surface area (Å²) in [5.41, 5.74) is 18.6. The summed E-state index contributed by atoms with van der Waals surface area (Å²) < 4.78 is 4.89. The van der Waals surface area contributed by atoms with Crippen LogP contribution in [-0.4, -0.2) is 9.13 Å². The Morgan fingerprint density at radius 3 is 0.986 bits per heavy atom. The smallest absolute Gasteiger partial charge is 0.0535 e. The fraction of sp³-hybridized carbons (Fsp3) is 0. The Labute approximate surface area is 408 Å². The van der Waals surface area contributed by atoms with Gasteiger partial charge in [-0.15, -0.1) is 0 Å². The summed E-state index contributed by atoms with van der Waals surface area (Å²) in [7, 11) is 0. The van der Waals surface area contributed by atoms with Crippen molar-refractivity contribution in [1.29, 1.82) is 0 Å². The Hall–Kier alpha value is -9.24. The van der Waals surface area contributed by atoms with Crippen molar-refractivity contribution in [1.82, 2.24) is 9.13 Å². The van der Waals surface area contributed by atoms with Crippen molar-refractivity contribution in [3.05, 3.63) is 279 Å². The summed E-state index contributed by atoms with van der Waals surface area (Å²) in [6, 6.07) is 102. The third kappa shape index (κ3) is 7.22. The molecule has 0 fully saturated rings. The molecule has 0 saturated carbocycles. The maximum atomic E-state index is 2.45. The van der Waals surface area contributed by atoms with Gasteiger partial charge in [-0.1, -0.05) is 218 Å². The highest BCUT2D eigenvalue weighted by atomic mass is 15.0. The highest BCUT2D eigenvalue weighted by Crippen LogP contribution is 2.47. The van der Waals surface area contributed by atoms with E-state index in [2.05, 4.69) is 288 Å². The monoisotopic (exact) mass is 890 g/mol. The van der Waals surface area contributed by atoms with E-state index >= 15 is 0 Å². The van der Waals surface area contributed by atoms with Crippen LogP contribution in [0.4, 0.5) is 0 Å². The summed E-state index contributed by atoms with van der Waals surface area (Å²) in [6.45, 7) is 0. The van der Waals surface area contributed by atoms with Crippen LogP contribution in [0.3, 0.4) is 0 Å². The second-order valence-electron chi connectivity index (χ2n) is 18.1. The molecule has 0 atom stereocenters. The number of hydrogen-bond acceptors (Lipinski definition) is 0. The minimum atomic E-state index is 1.10. The topological polar surface area (TPSA) is 9.86 Å². The third-order valence-corrected chi connectivity index (χ3v) is 13.9. The van der Waals surface area contributed by atoms with Crippen molar-refractivity contribution >= 4 is 32.3 Å². The Kier molecular flexibility index (Phi) is 10.2. The lowest BCUT2D eigenvalue weighted by Crippen LogP contribution is -2.02. The van der Waals surface area contributed by atoms with E-state index in [9.17, 15) is 0 Å². The molecule has 70 heavy (non-hydrogen) atoms. The quantitative estimate of drug-likeness (QED) is 0.128. The number of fused-ring (bicyclic) bond motifs is 3. The first kappa shape index (κ1) is 41.0. The number of nitrogens with zero attached hydrogens (tertiary/aromatic N) is 2. The van der Waals surface area contributed by atoms with Crippen LogP contribution < -0.4 is 0 Å². The van der Waals surface area contributed by atoms with Crippen LogP contribution in [0.25, 0.3) is 122 Å². The van der Waals surface area contributed by atoms with Crippen LogP contribution in [0.2, 0.25) is 0 Å². The van der Waals surface area contributed by atoms with Gasteiger partial charge < -0.3 is 9.13 Å². The van der Waals surface area contributed by atoms with E-state index in [1.165, 1.54) is 88.0 Å². The fourth-order valence-corrected chi connectivity index (χ4v) is 10.7. The number of aromatic nitrogens is 2. The van der Waals surface area contributed by atoms with Gasteiger partial charge in [0.05, 0.1) is 22.8 Å². The molecule has 0 N–H and O–H groups in total. The van der Waals surface area contributed by atoms with Gasteiger partial charge in [0.15, 0.2) is 0 Å². The minimum absolute atomic E-state index is 1.10. The maximum absolute atomic E-state index is 2.45. The lowest BCUT2D eigenvalue weighted by atomic mass is 9.84. The first-order valence-corrected chi connectivity index (χ1v) is 24.1. The fourth-order valence-electron chi connectivity index (χ4n) is 10.7. The zero-order chi connectivity index (χ0) is 46.4. The number of rotatable bonds is 9. The first-order valence-electron chi connectivity index (χ1n) is 24.1. The molecule has 0 aliphatic rings. The Balaban J connectivity index is 1.16. The van der Waals surface area contributed by atoms with Gasteiger partial charge in [-0.2, -0.15) is 0 Å². The molecule has 2 nitrogen and oxygen atoms in total. The summed E-state index contributed by atoms with van der Waals surface area (Å²) in [5, 5.41) is 7.20. The van der Waals surface area contributed by atoms with Crippen LogP contribution in [-0.2, 0) is 0 Å². The lowest BCUT2D eigenvalue weighted by Gasteiger charge is -2.22. The molecule has 328 valence electrons. The van der Waals surface area contributed by atoms with E-state index in [0.29, 0.717) is 0 Å². The molecular weight excluding hydrogens is 845 g/mol. The molecule has 13 rings (SSSR count). The third-order valence-electron chi connectivity index (χ3n) is 13.9. The van der Waals surface area contributed by atoms with Crippen molar-refractivity contribution in [2.75, 3.05) is 0 Å². The van der Waals surface area contributed by atoms with E-state index in [4.69, 9.17) is 0 Å². The molecule has 2 heterocycles. The molecule has 13 aromatic rings. The SMILES string of the molecule is c1ccc(-c2cccc(-c3c4ccc(-n5c(-c6ccccc6)ccc5-c5ccccc5)cc4c(-c4ccc5ccccc5c4)c4ccc(-n5c(-c6ccccc6)ccc5-c5ccccc5)cc34)c2)cc1. The molecule has 0 unspecified atom stereocenters. The average molecular weight is 891 g/mol. The van der Waals surface area contributed by atoms with Crippen molar-refractivity contribution in [3.63, 3.8) is 0 Å². The predicted octanol–water partition coefficient (Wildman–Crippen LogP) is 18.4. The molecule has 2 heteroatoms. The molecule has 11 aromatic carbocycles. The molecule has 0 radical (unpaired) electrons. The standard InChI is InChI=1S/C68H46N2/c1-6-19-47(20-7-1)54-31-18-32-55(43-54)67-59-37-35-58(70-65(51-26-12-4-13-27-51)41-42-66(70)52-28-14-5-15-29-52)46-62(59)68(56-34-33-48-21-16-17-30-53(48)44-56)60-38-36-57(45-61(60)67)69-63(49-22-8-2-9-23-49)39-40-64(69)50-24-10-3-11-25-50/h1-46H. The van der Waals surface area contributed by atoms with Crippen LogP contribution in [0, 0.1) is 0 Å². The molecule has 0 aliphatic carbocycles. The molecule has 2 aromatic heterocycles. The second-order valence-corrected chi connectivity index (χ2v) is 18.1. The molecule has 0 amide bonds. The van der Waals surface area contributed by atoms with E-state index < -0.39 is 0 Å². The van der Waals surface area contributed by atoms with E-state index in [0.717, 1.165) is 34.2 Å². The summed E-state index contributed by atoms with van der Waals surface area (Å²) in [5.74, 6) is 0. The molecule has 0 spiro atoms. The van der Waals surface area contributed by atoms with Crippen LogP contribution >= 0.6 is 0 Å². The van der Waals surface area contributed by atoms with E-state index in [1.54, 1.807) is 0 Å². The van der Waals surface area contributed by atoms with Gasteiger partial charge in [0, 0.05) is 11.4 Å². The number of benzene rings is 11. The Morgan fingerprint density at radius 2 is 0.543 bits per heavy atom. The maximum Gasteiger partial charge on any atom is 0.0535 e. The van der Waals surface area contributed by atoms with Gasteiger partial charge in [-0.3, -0.25) is 0 Å². The molecular formula is C68H46N2. The van der Waals surface area contributed by atoms with Gasteiger partial charge in [0.25, 0.3) is 0 Å². The first-order chi connectivity index (χ1) is 34.7. The highest BCUT2D eigenvalue weighted by Gasteiger charge is 2.23. The summed E-state index contributed by atoms with van der Waals surface area (Å²) in [6.07, 6.45) is 0. The Bertz CT molecular complexity index is 3900. The van der Waals surface area contributed by atoms with Gasteiger partial charge >= 0.3 is 0 Å². The molecule has 0 aliphatic heterocycles. The second kappa shape index (κ2) is 17.4. The van der Waals surface area contributed by atoms with Gasteiger partial charge in [-0.05, 0) is 149 Å². The van der Waals surface area contributed by atoms with Crippen molar-refractivity contribution in [3.8, 4) is 89.8 Å². The largest absolute Gasteiger partial charge is 0.309 e. The zero-order valence-electron chi connectivity index (χ0n) is 38.5. The summed E-state index contributed by atoms with van der Waals surface area (Å²) >= 11 is 0.